The van der Waals surface area contributed by atoms with E-state index in [9.17, 15) is 0 Å². The zero-order valence-corrected chi connectivity index (χ0v) is 11.7. The van der Waals surface area contributed by atoms with E-state index in [1.54, 1.807) is 30.3 Å². The third-order valence-corrected chi connectivity index (χ3v) is 3.76. The van der Waals surface area contributed by atoms with E-state index >= 15 is 0 Å². The van der Waals surface area contributed by atoms with Gasteiger partial charge in [-0.05, 0) is 25.0 Å². The topological polar surface area (TPSA) is 102 Å². The molecule has 0 atom stereocenters. The van der Waals surface area contributed by atoms with E-state index in [-0.39, 0.29) is 11.3 Å². The molecule has 6 heteroatoms. The monoisotopic (exact) mass is 292 g/mol. The molecule has 0 unspecified atom stereocenters. The lowest BCUT2D eigenvalue weighted by atomic mass is 10.2. The fourth-order valence-electron chi connectivity index (χ4n) is 2.72. The lowest BCUT2D eigenvalue weighted by molar-refractivity contribution is -0.0716. The minimum Gasteiger partial charge on any atom is -0.448 e. The van der Waals surface area contributed by atoms with Crippen LogP contribution in [0.4, 0.5) is 5.69 Å². The standard InChI is InChI=1S/C16H12N4O2/c17-8-11(9-18)13(10-19)20-12-3-4-14-15(7-12)22-16(21-14)5-1-2-6-16/h3-4,7,20H,1-2,5-6H2. The van der Waals surface area contributed by atoms with Crippen molar-refractivity contribution in [2.45, 2.75) is 31.5 Å². The van der Waals surface area contributed by atoms with Crippen LogP contribution in [0.15, 0.2) is 29.5 Å². The van der Waals surface area contributed by atoms with Crippen LogP contribution in [0, 0.1) is 34.0 Å². The maximum atomic E-state index is 9.05. The van der Waals surface area contributed by atoms with Crippen molar-refractivity contribution < 1.29 is 9.47 Å². The molecule has 1 heterocycles. The van der Waals surface area contributed by atoms with Gasteiger partial charge in [0.1, 0.15) is 23.9 Å². The smallest absolute Gasteiger partial charge is 0.251 e. The number of nitrogens with one attached hydrogen (secondary N) is 1. The summed E-state index contributed by atoms with van der Waals surface area (Å²) in [6.07, 6.45) is 3.88. The Hall–Kier alpha value is -3.17. The molecule has 22 heavy (non-hydrogen) atoms. The molecule has 6 nitrogen and oxygen atoms in total. The second kappa shape index (κ2) is 5.31. The summed E-state index contributed by atoms with van der Waals surface area (Å²) < 4.78 is 11.8. The zero-order chi connectivity index (χ0) is 15.6. The molecule has 0 radical (unpaired) electrons. The van der Waals surface area contributed by atoms with E-state index in [2.05, 4.69) is 5.32 Å². The molecule has 1 aliphatic carbocycles. The molecule has 0 bridgehead atoms. The Morgan fingerprint density at radius 1 is 1.00 bits per heavy atom. The average molecular weight is 292 g/mol. The van der Waals surface area contributed by atoms with E-state index in [0.717, 1.165) is 25.7 Å². The summed E-state index contributed by atoms with van der Waals surface area (Å²) in [4.78, 5) is 0. The number of ether oxygens (including phenoxy) is 2. The van der Waals surface area contributed by atoms with Crippen molar-refractivity contribution in [3.8, 4) is 29.7 Å². The average Bonchev–Trinajstić information content (AvgIpc) is 3.13. The summed E-state index contributed by atoms with van der Waals surface area (Å²) in [6, 6.07) is 10.4. The van der Waals surface area contributed by atoms with E-state index < -0.39 is 5.79 Å². The molecule has 1 spiro atoms. The van der Waals surface area contributed by atoms with Crippen LogP contribution in [0.2, 0.25) is 0 Å². The van der Waals surface area contributed by atoms with Crippen molar-refractivity contribution in [1.82, 2.24) is 0 Å². The molecule has 3 rings (SSSR count). The van der Waals surface area contributed by atoms with Crippen molar-refractivity contribution in [3.63, 3.8) is 0 Å². The Kier molecular flexibility index (Phi) is 3.33. The van der Waals surface area contributed by atoms with Crippen molar-refractivity contribution >= 4 is 5.69 Å². The molecule has 1 aliphatic heterocycles. The first-order chi connectivity index (χ1) is 10.7. The molecule has 2 aliphatic rings. The number of allylic oxidation sites excluding steroid dienone is 2. The van der Waals surface area contributed by atoms with Gasteiger partial charge in [0.05, 0.1) is 0 Å². The molecule has 1 fully saturated rings. The number of hydrogen-bond acceptors (Lipinski definition) is 6. The van der Waals surface area contributed by atoms with E-state index in [0.29, 0.717) is 17.2 Å². The number of nitriles is 3. The van der Waals surface area contributed by atoms with Gasteiger partial charge in [0.2, 0.25) is 0 Å². The van der Waals surface area contributed by atoms with E-state index in [1.807, 2.05) is 6.07 Å². The highest BCUT2D eigenvalue weighted by atomic mass is 16.7. The Balaban J connectivity index is 1.85. The second-order valence-electron chi connectivity index (χ2n) is 5.19. The van der Waals surface area contributed by atoms with Crippen molar-refractivity contribution in [2.24, 2.45) is 0 Å². The fraction of sp³-hybridized carbons (Fsp3) is 0.312. The summed E-state index contributed by atoms with van der Waals surface area (Å²) >= 11 is 0. The van der Waals surface area contributed by atoms with Gasteiger partial charge >= 0.3 is 0 Å². The van der Waals surface area contributed by atoms with Crippen molar-refractivity contribution in [2.75, 3.05) is 5.32 Å². The van der Waals surface area contributed by atoms with E-state index in [4.69, 9.17) is 25.3 Å². The Labute approximate surface area is 127 Å². The molecule has 1 aromatic carbocycles. The molecule has 1 saturated carbocycles. The number of fused-ring (bicyclic) bond motifs is 1. The van der Waals surface area contributed by atoms with Gasteiger partial charge in [-0.1, -0.05) is 0 Å². The molecule has 108 valence electrons. The highest BCUT2D eigenvalue weighted by Gasteiger charge is 2.44. The number of nitrogens with zero attached hydrogens (tertiary/aromatic N) is 3. The van der Waals surface area contributed by atoms with Crippen LogP contribution in [0.5, 0.6) is 11.5 Å². The predicted molar refractivity (Wildman–Crippen MR) is 76.4 cm³/mol. The van der Waals surface area contributed by atoms with E-state index in [1.165, 1.54) is 0 Å². The summed E-state index contributed by atoms with van der Waals surface area (Å²) in [5.41, 5.74) is 0.226. The number of benzene rings is 1. The quantitative estimate of drug-likeness (QED) is 0.841. The summed E-state index contributed by atoms with van der Waals surface area (Å²) in [6.45, 7) is 0. The predicted octanol–water partition coefficient (Wildman–Crippen LogP) is 2.96. The lowest BCUT2D eigenvalue weighted by Gasteiger charge is -2.21. The Morgan fingerprint density at radius 3 is 2.32 bits per heavy atom. The minimum absolute atomic E-state index is 0.0838. The van der Waals surface area contributed by atoms with Gasteiger partial charge in [-0.3, -0.25) is 0 Å². The van der Waals surface area contributed by atoms with Crippen LogP contribution in [-0.4, -0.2) is 5.79 Å². The van der Waals surface area contributed by atoms with Crippen LogP contribution in [0.25, 0.3) is 0 Å². The molecule has 0 saturated heterocycles. The molecule has 0 aromatic heterocycles. The van der Waals surface area contributed by atoms with Crippen molar-refractivity contribution in [1.29, 1.82) is 15.8 Å². The summed E-state index contributed by atoms with van der Waals surface area (Å²) in [7, 11) is 0. The van der Waals surface area contributed by atoms with Gasteiger partial charge in [0.25, 0.3) is 5.79 Å². The highest BCUT2D eigenvalue weighted by molar-refractivity contribution is 5.62. The van der Waals surface area contributed by atoms with Crippen LogP contribution >= 0.6 is 0 Å². The fourth-order valence-corrected chi connectivity index (χ4v) is 2.72. The molecule has 1 N–H and O–H groups in total. The van der Waals surface area contributed by atoms with Crippen LogP contribution in [0.1, 0.15) is 25.7 Å². The maximum absolute atomic E-state index is 9.05. The first kappa shape index (κ1) is 13.8. The molecular formula is C16H12N4O2. The molecule has 0 amide bonds. The largest absolute Gasteiger partial charge is 0.448 e. The Morgan fingerprint density at radius 2 is 1.68 bits per heavy atom. The Bertz CT molecular complexity index is 755. The van der Waals surface area contributed by atoms with Crippen LogP contribution < -0.4 is 14.8 Å². The molecular weight excluding hydrogens is 280 g/mol. The number of hydrogen-bond donors (Lipinski definition) is 1. The number of anilines is 1. The van der Waals surface area contributed by atoms with Crippen LogP contribution in [-0.2, 0) is 0 Å². The maximum Gasteiger partial charge on any atom is 0.251 e. The van der Waals surface area contributed by atoms with Gasteiger partial charge in [0, 0.05) is 24.6 Å². The highest BCUT2D eigenvalue weighted by Crippen LogP contribution is 2.47. The normalized spacial score (nSPS) is 16.4. The van der Waals surface area contributed by atoms with Gasteiger partial charge in [-0.15, -0.1) is 0 Å². The number of rotatable bonds is 2. The van der Waals surface area contributed by atoms with Gasteiger partial charge in [-0.2, -0.15) is 15.8 Å². The van der Waals surface area contributed by atoms with Crippen LogP contribution in [0.3, 0.4) is 0 Å². The zero-order valence-electron chi connectivity index (χ0n) is 11.7. The lowest BCUT2D eigenvalue weighted by Crippen LogP contribution is -2.34. The summed E-state index contributed by atoms with van der Waals surface area (Å²) in [5.74, 6) is 0.745. The van der Waals surface area contributed by atoms with Gasteiger partial charge < -0.3 is 14.8 Å². The third-order valence-electron chi connectivity index (χ3n) is 3.76. The van der Waals surface area contributed by atoms with Crippen molar-refractivity contribution in [3.05, 3.63) is 29.5 Å². The molecule has 1 aromatic rings. The SMILES string of the molecule is N#CC(C#N)=C(C#N)Nc1ccc2c(c1)OC1(CCCC1)O2. The summed E-state index contributed by atoms with van der Waals surface area (Å²) in [5, 5.41) is 29.5. The second-order valence-corrected chi connectivity index (χ2v) is 5.19. The van der Waals surface area contributed by atoms with Gasteiger partial charge in [0.15, 0.2) is 17.1 Å². The first-order valence-electron chi connectivity index (χ1n) is 6.93. The van der Waals surface area contributed by atoms with Gasteiger partial charge in [-0.25, -0.2) is 0 Å². The minimum atomic E-state index is -0.542. The first-order valence-corrected chi connectivity index (χ1v) is 6.93. The third kappa shape index (κ3) is 2.30.